The van der Waals surface area contributed by atoms with Crippen LogP contribution in [0.4, 0.5) is 10.1 Å². The first-order valence-corrected chi connectivity index (χ1v) is 9.99. The Kier molecular flexibility index (Phi) is 7.72. The molecule has 0 spiro atoms. The smallest absolute Gasteiger partial charge is 0.343 e. The molecule has 154 valence electrons. The molecule has 0 atom stereocenters. The lowest BCUT2D eigenvalue weighted by Gasteiger charge is -2.07. The Bertz CT molecular complexity index is 982. The second-order valence-electron chi connectivity index (χ2n) is 6.75. The van der Waals surface area contributed by atoms with Gasteiger partial charge in [-0.05, 0) is 72.6 Å². The van der Waals surface area contributed by atoms with Gasteiger partial charge in [0.1, 0.15) is 17.3 Å². The number of benzene rings is 3. The summed E-state index contributed by atoms with van der Waals surface area (Å²) in [5.74, 6) is 0.334. The van der Waals surface area contributed by atoms with Crippen molar-refractivity contribution in [3.05, 3.63) is 89.7 Å². The Labute approximate surface area is 176 Å². The Morgan fingerprint density at radius 3 is 2.33 bits per heavy atom. The van der Waals surface area contributed by atoms with Gasteiger partial charge < -0.3 is 9.47 Å². The van der Waals surface area contributed by atoms with Crippen molar-refractivity contribution in [1.29, 1.82) is 0 Å². The molecule has 0 unspecified atom stereocenters. The van der Waals surface area contributed by atoms with E-state index in [0.29, 0.717) is 17.9 Å². The molecule has 0 aromatic heterocycles. The van der Waals surface area contributed by atoms with Crippen molar-refractivity contribution in [2.75, 3.05) is 6.61 Å². The second kappa shape index (κ2) is 10.9. The minimum Gasteiger partial charge on any atom is -0.494 e. The first-order chi connectivity index (χ1) is 14.7. The fraction of sp³-hybridized carbons (Fsp3) is 0.200. The number of para-hydroxylation sites is 1. The van der Waals surface area contributed by atoms with Crippen LogP contribution < -0.4 is 9.47 Å². The Morgan fingerprint density at radius 1 is 0.933 bits per heavy atom. The average molecular weight is 405 g/mol. The molecule has 0 amide bonds. The van der Waals surface area contributed by atoms with E-state index in [4.69, 9.17) is 9.47 Å². The van der Waals surface area contributed by atoms with Gasteiger partial charge in [-0.1, -0.05) is 31.9 Å². The zero-order chi connectivity index (χ0) is 21.2. The largest absolute Gasteiger partial charge is 0.494 e. The average Bonchev–Trinajstić information content (AvgIpc) is 2.77. The van der Waals surface area contributed by atoms with E-state index in [0.717, 1.165) is 30.6 Å². The first-order valence-electron chi connectivity index (χ1n) is 9.99. The predicted molar refractivity (Wildman–Crippen MR) is 117 cm³/mol. The molecule has 0 fully saturated rings. The van der Waals surface area contributed by atoms with E-state index in [1.54, 1.807) is 72.9 Å². The van der Waals surface area contributed by atoms with Gasteiger partial charge in [0.25, 0.3) is 0 Å². The molecule has 0 saturated carbocycles. The van der Waals surface area contributed by atoms with Crippen LogP contribution in [-0.4, -0.2) is 18.8 Å². The summed E-state index contributed by atoms with van der Waals surface area (Å²) in [4.78, 5) is 16.5. The summed E-state index contributed by atoms with van der Waals surface area (Å²) in [6.45, 7) is 2.82. The van der Waals surface area contributed by atoms with Crippen LogP contribution in [0.15, 0.2) is 77.8 Å². The topological polar surface area (TPSA) is 47.9 Å². The lowest BCUT2D eigenvalue weighted by atomic mass is 10.2. The van der Waals surface area contributed by atoms with E-state index in [1.165, 1.54) is 6.07 Å². The maximum absolute atomic E-state index is 13.6. The molecule has 30 heavy (non-hydrogen) atoms. The Balaban J connectivity index is 1.54. The summed E-state index contributed by atoms with van der Waals surface area (Å²) in [5, 5.41) is 0. The minimum atomic E-state index is -0.444. The summed E-state index contributed by atoms with van der Waals surface area (Å²) in [7, 11) is 0. The third kappa shape index (κ3) is 6.27. The normalized spacial score (nSPS) is 10.9. The number of unbranched alkanes of at least 4 members (excludes halogenated alkanes) is 2. The van der Waals surface area contributed by atoms with Gasteiger partial charge in [0.2, 0.25) is 0 Å². The van der Waals surface area contributed by atoms with Crippen LogP contribution in [0.25, 0.3) is 0 Å². The quantitative estimate of drug-likeness (QED) is 0.180. The highest BCUT2D eigenvalue weighted by Crippen LogP contribution is 2.19. The fourth-order valence-corrected chi connectivity index (χ4v) is 2.72. The molecular formula is C25H24FNO3. The van der Waals surface area contributed by atoms with Gasteiger partial charge in [0.15, 0.2) is 0 Å². The highest BCUT2D eigenvalue weighted by molar-refractivity contribution is 5.91. The van der Waals surface area contributed by atoms with Crippen molar-refractivity contribution < 1.29 is 18.7 Å². The summed E-state index contributed by atoms with van der Waals surface area (Å²) in [5.41, 5.74) is 1.48. The van der Waals surface area contributed by atoms with Crippen LogP contribution in [0, 0.1) is 5.82 Å². The van der Waals surface area contributed by atoms with Crippen molar-refractivity contribution >= 4 is 17.9 Å². The van der Waals surface area contributed by atoms with Gasteiger partial charge >= 0.3 is 5.97 Å². The fourth-order valence-electron chi connectivity index (χ4n) is 2.72. The zero-order valence-electron chi connectivity index (χ0n) is 16.9. The van der Waals surface area contributed by atoms with Crippen LogP contribution >= 0.6 is 0 Å². The van der Waals surface area contributed by atoms with Gasteiger partial charge in [-0.2, -0.15) is 0 Å². The number of ether oxygens (including phenoxy) is 2. The van der Waals surface area contributed by atoms with Crippen LogP contribution in [0.5, 0.6) is 11.5 Å². The second-order valence-corrected chi connectivity index (χ2v) is 6.75. The maximum Gasteiger partial charge on any atom is 0.343 e. The number of rotatable bonds is 9. The molecular weight excluding hydrogens is 381 g/mol. The van der Waals surface area contributed by atoms with Crippen molar-refractivity contribution in [3.63, 3.8) is 0 Å². The molecule has 0 saturated heterocycles. The van der Waals surface area contributed by atoms with E-state index < -0.39 is 5.97 Å². The summed E-state index contributed by atoms with van der Waals surface area (Å²) in [6.07, 6.45) is 4.86. The lowest BCUT2D eigenvalue weighted by molar-refractivity contribution is 0.0734. The van der Waals surface area contributed by atoms with Crippen LogP contribution in [0.1, 0.15) is 42.1 Å². The molecule has 5 heteroatoms. The molecule has 0 N–H and O–H groups in total. The molecule has 0 radical (unpaired) electrons. The number of carbonyl (C=O) groups is 1. The van der Waals surface area contributed by atoms with Gasteiger partial charge in [-0.3, -0.25) is 4.99 Å². The number of aliphatic imine (C=N–C) groups is 1. The molecule has 0 heterocycles. The zero-order valence-corrected chi connectivity index (χ0v) is 16.9. The standard InChI is InChI=1S/C25H24FNO3/c1-2-3-6-17-29-21-15-11-20(12-16-21)25(28)30-22-13-9-19(10-14-22)18-27-24-8-5-4-7-23(24)26/h4-5,7-16,18H,2-3,6,17H2,1H3. The van der Waals surface area contributed by atoms with Gasteiger partial charge in [-0.15, -0.1) is 0 Å². The van der Waals surface area contributed by atoms with E-state index in [2.05, 4.69) is 11.9 Å². The first kappa shape index (κ1) is 21.2. The van der Waals surface area contributed by atoms with E-state index in [9.17, 15) is 9.18 Å². The molecule has 0 aliphatic heterocycles. The maximum atomic E-state index is 13.6. The SMILES string of the molecule is CCCCCOc1ccc(C(=O)Oc2ccc(C=Nc3ccccc3F)cc2)cc1. The molecule has 0 bridgehead atoms. The summed E-state index contributed by atoms with van der Waals surface area (Å²) < 4.78 is 24.7. The Morgan fingerprint density at radius 2 is 1.63 bits per heavy atom. The summed E-state index contributed by atoms with van der Waals surface area (Å²) >= 11 is 0. The monoisotopic (exact) mass is 405 g/mol. The molecule has 3 rings (SSSR count). The van der Waals surface area contributed by atoms with Crippen molar-refractivity contribution in [2.24, 2.45) is 4.99 Å². The number of carbonyl (C=O) groups excluding carboxylic acids is 1. The van der Waals surface area contributed by atoms with Crippen LogP contribution in [0.3, 0.4) is 0 Å². The van der Waals surface area contributed by atoms with Crippen LogP contribution in [-0.2, 0) is 0 Å². The van der Waals surface area contributed by atoms with Gasteiger partial charge in [-0.25, -0.2) is 9.18 Å². The number of hydrogen-bond acceptors (Lipinski definition) is 4. The Hall–Kier alpha value is -3.47. The molecule has 3 aromatic rings. The minimum absolute atomic E-state index is 0.269. The van der Waals surface area contributed by atoms with Gasteiger partial charge in [0.05, 0.1) is 17.9 Å². The van der Waals surface area contributed by atoms with Crippen molar-refractivity contribution in [3.8, 4) is 11.5 Å². The molecule has 0 aliphatic carbocycles. The third-order valence-corrected chi connectivity index (χ3v) is 4.40. The molecule has 3 aromatic carbocycles. The molecule has 4 nitrogen and oxygen atoms in total. The van der Waals surface area contributed by atoms with Crippen LogP contribution in [0.2, 0.25) is 0 Å². The number of halogens is 1. The van der Waals surface area contributed by atoms with Crippen molar-refractivity contribution in [1.82, 2.24) is 0 Å². The van der Waals surface area contributed by atoms with Crippen molar-refractivity contribution in [2.45, 2.75) is 26.2 Å². The number of nitrogens with zero attached hydrogens (tertiary/aromatic N) is 1. The number of esters is 1. The van der Waals surface area contributed by atoms with Gasteiger partial charge in [0, 0.05) is 6.21 Å². The lowest BCUT2D eigenvalue weighted by Crippen LogP contribution is -2.08. The third-order valence-electron chi connectivity index (χ3n) is 4.40. The van der Waals surface area contributed by atoms with E-state index in [1.807, 2.05) is 0 Å². The van der Waals surface area contributed by atoms with E-state index in [-0.39, 0.29) is 11.5 Å². The predicted octanol–water partition coefficient (Wildman–Crippen LogP) is 6.36. The highest BCUT2D eigenvalue weighted by Gasteiger charge is 2.09. The highest BCUT2D eigenvalue weighted by atomic mass is 19.1. The summed E-state index contributed by atoms with van der Waals surface area (Å²) in [6, 6.07) is 20.1. The van der Waals surface area contributed by atoms with E-state index >= 15 is 0 Å². The molecule has 0 aliphatic rings. The number of hydrogen-bond donors (Lipinski definition) is 0.